The number of epoxide rings is 1. The number of nitrogens with one attached hydrogen (secondary N) is 1. The molecule has 29 heavy (non-hydrogen) atoms. The average Bonchev–Trinajstić information content (AvgIpc) is 3.29. The number of amides is 1. The van der Waals surface area contributed by atoms with Crippen molar-refractivity contribution < 1.29 is 19.0 Å². The maximum absolute atomic E-state index is 13.1. The second-order valence-corrected chi connectivity index (χ2v) is 7.87. The lowest BCUT2D eigenvalue weighted by Crippen LogP contribution is -2.51. The van der Waals surface area contributed by atoms with Crippen LogP contribution in [0.25, 0.3) is 10.6 Å². The van der Waals surface area contributed by atoms with Crippen LogP contribution in [0.5, 0.6) is 0 Å². The van der Waals surface area contributed by atoms with E-state index < -0.39 is 17.9 Å². The molecule has 5 nitrogen and oxygen atoms in total. The Bertz CT molecular complexity index is 993. The molecule has 4 rings (SSSR count). The van der Waals surface area contributed by atoms with Crippen LogP contribution in [0, 0.1) is 5.82 Å². The maximum atomic E-state index is 13.1. The minimum absolute atomic E-state index is 0.106. The molecule has 3 unspecified atom stereocenters. The Labute approximate surface area is 172 Å². The number of ether oxygens (including phenoxy) is 1. The number of benzene rings is 2. The molecule has 0 spiro atoms. The van der Waals surface area contributed by atoms with Gasteiger partial charge in [0.25, 0.3) is 0 Å². The van der Waals surface area contributed by atoms with Gasteiger partial charge in [0.15, 0.2) is 6.29 Å². The third-order valence-corrected chi connectivity index (χ3v) is 6.09. The van der Waals surface area contributed by atoms with E-state index in [2.05, 4.69) is 10.3 Å². The third-order valence-electron chi connectivity index (χ3n) is 5.15. The van der Waals surface area contributed by atoms with Gasteiger partial charge >= 0.3 is 0 Å². The maximum Gasteiger partial charge on any atom is 0.226 e. The molecule has 0 saturated carbocycles. The Morgan fingerprint density at radius 1 is 1.24 bits per heavy atom. The van der Waals surface area contributed by atoms with Gasteiger partial charge in [0.1, 0.15) is 16.9 Å². The number of thiazole rings is 1. The second kappa shape index (κ2) is 8.02. The topological polar surface area (TPSA) is 74.8 Å². The number of halogens is 1. The Kier molecular flexibility index (Phi) is 5.45. The van der Waals surface area contributed by atoms with Gasteiger partial charge in [0.2, 0.25) is 5.91 Å². The molecule has 1 aromatic heterocycles. The smallest absolute Gasteiger partial charge is 0.226 e. The SMILES string of the molecule is CCC(NC(=O)Cc1csc(-c2ccc(F)cc2)n1)(c1ccccc1)C1OC1O. The minimum atomic E-state index is -0.889. The monoisotopic (exact) mass is 412 g/mol. The van der Waals surface area contributed by atoms with Gasteiger partial charge in [-0.15, -0.1) is 11.3 Å². The van der Waals surface area contributed by atoms with Crippen LogP contribution in [0.2, 0.25) is 0 Å². The summed E-state index contributed by atoms with van der Waals surface area (Å²) in [5.74, 6) is -0.499. The Morgan fingerprint density at radius 3 is 2.55 bits per heavy atom. The lowest BCUT2D eigenvalue weighted by molar-refractivity contribution is -0.123. The number of carbonyl (C=O) groups is 1. The van der Waals surface area contributed by atoms with Crippen LogP contribution in [-0.4, -0.2) is 28.4 Å². The van der Waals surface area contributed by atoms with Gasteiger partial charge in [-0.3, -0.25) is 4.79 Å². The number of nitrogens with zero attached hydrogens (tertiary/aromatic N) is 1. The zero-order valence-electron chi connectivity index (χ0n) is 15.8. The standard InChI is InChI=1S/C22H21FN2O3S/c1-2-22(19-21(27)28-19,15-6-4-3-5-7-15)25-18(26)12-17-13-29-20(24-17)14-8-10-16(23)11-9-14/h3-11,13,19,21,27H,2,12H2,1H3,(H,25,26). The summed E-state index contributed by atoms with van der Waals surface area (Å²) >= 11 is 1.41. The highest BCUT2D eigenvalue weighted by Crippen LogP contribution is 2.41. The van der Waals surface area contributed by atoms with Crippen molar-refractivity contribution >= 4 is 17.2 Å². The van der Waals surface area contributed by atoms with Crippen LogP contribution in [0.3, 0.4) is 0 Å². The number of aliphatic hydroxyl groups excluding tert-OH is 1. The molecule has 150 valence electrons. The van der Waals surface area contributed by atoms with Crippen LogP contribution < -0.4 is 5.32 Å². The molecular formula is C22H21FN2O3S. The molecule has 3 atom stereocenters. The second-order valence-electron chi connectivity index (χ2n) is 7.01. The van der Waals surface area contributed by atoms with Gasteiger partial charge < -0.3 is 15.2 Å². The van der Waals surface area contributed by atoms with Gasteiger partial charge in [-0.1, -0.05) is 37.3 Å². The van der Waals surface area contributed by atoms with E-state index >= 15 is 0 Å². The van der Waals surface area contributed by atoms with Crippen LogP contribution >= 0.6 is 11.3 Å². The molecule has 1 amide bonds. The minimum Gasteiger partial charge on any atom is -0.366 e. The van der Waals surface area contributed by atoms with Gasteiger partial charge in [-0.25, -0.2) is 9.37 Å². The van der Waals surface area contributed by atoms with Gasteiger partial charge in [-0.2, -0.15) is 0 Å². The van der Waals surface area contributed by atoms with Crippen molar-refractivity contribution in [3.63, 3.8) is 0 Å². The van der Waals surface area contributed by atoms with Crippen molar-refractivity contribution in [1.82, 2.24) is 10.3 Å². The summed E-state index contributed by atoms with van der Waals surface area (Å²) < 4.78 is 18.5. The highest BCUT2D eigenvalue weighted by atomic mass is 32.1. The number of hydrogen-bond donors (Lipinski definition) is 2. The van der Waals surface area contributed by atoms with Crippen LogP contribution in [-0.2, 0) is 21.5 Å². The number of rotatable bonds is 7. The van der Waals surface area contributed by atoms with E-state index in [-0.39, 0.29) is 18.1 Å². The lowest BCUT2D eigenvalue weighted by atomic mass is 9.83. The summed E-state index contributed by atoms with van der Waals surface area (Å²) in [6.07, 6.45) is -0.693. The average molecular weight is 412 g/mol. The predicted octanol–water partition coefficient (Wildman–Crippen LogP) is 3.63. The summed E-state index contributed by atoms with van der Waals surface area (Å²) in [7, 11) is 0. The van der Waals surface area contributed by atoms with Crippen molar-refractivity contribution in [2.45, 2.75) is 37.7 Å². The number of carbonyl (C=O) groups excluding carboxylic acids is 1. The molecular weight excluding hydrogens is 391 g/mol. The predicted molar refractivity (Wildman–Crippen MR) is 109 cm³/mol. The van der Waals surface area contributed by atoms with E-state index in [1.54, 1.807) is 12.1 Å². The van der Waals surface area contributed by atoms with E-state index in [4.69, 9.17) is 4.74 Å². The van der Waals surface area contributed by atoms with E-state index in [0.29, 0.717) is 12.1 Å². The van der Waals surface area contributed by atoms with Crippen LogP contribution in [0.15, 0.2) is 60.0 Å². The largest absolute Gasteiger partial charge is 0.366 e. The van der Waals surface area contributed by atoms with Crippen molar-refractivity contribution in [2.24, 2.45) is 0 Å². The molecule has 7 heteroatoms. The Hall–Kier alpha value is -2.61. The molecule has 3 aromatic rings. The first-order chi connectivity index (χ1) is 14.0. The molecule has 2 aromatic carbocycles. The molecule has 1 fully saturated rings. The van der Waals surface area contributed by atoms with Crippen molar-refractivity contribution in [3.05, 3.63) is 77.1 Å². The summed E-state index contributed by atoms with van der Waals surface area (Å²) in [4.78, 5) is 17.4. The highest BCUT2D eigenvalue weighted by Gasteiger charge is 2.55. The summed E-state index contributed by atoms with van der Waals surface area (Å²) in [5, 5.41) is 15.5. The van der Waals surface area contributed by atoms with E-state index in [1.165, 1.54) is 23.5 Å². The molecule has 0 bridgehead atoms. The molecule has 2 heterocycles. The van der Waals surface area contributed by atoms with Crippen LogP contribution in [0.1, 0.15) is 24.6 Å². The van der Waals surface area contributed by atoms with Crippen molar-refractivity contribution in [2.75, 3.05) is 0 Å². The van der Waals surface area contributed by atoms with Gasteiger partial charge in [0.05, 0.1) is 17.7 Å². The zero-order chi connectivity index (χ0) is 20.4. The number of aliphatic hydroxyl groups is 1. The fourth-order valence-electron chi connectivity index (χ4n) is 3.57. The molecule has 1 aliphatic heterocycles. The van der Waals surface area contributed by atoms with E-state index in [1.807, 2.05) is 42.6 Å². The lowest BCUT2D eigenvalue weighted by Gasteiger charge is -2.33. The quantitative estimate of drug-likeness (QED) is 0.581. The zero-order valence-corrected chi connectivity index (χ0v) is 16.7. The molecule has 1 saturated heterocycles. The number of aromatic nitrogens is 1. The Balaban J connectivity index is 1.51. The highest BCUT2D eigenvalue weighted by molar-refractivity contribution is 7.13. The van der Waals surface area contributed by atoms with Crippen molar-refractivity contribution in [1.29, 1.82) is 0 Å². The van der Waals surface area contributed by atoms with E-state index in [9.17, 15) is 14.3 Å². The van der Waals surface area contributed by atoms with Gasteiger partial charge in [-0.05, 0) is 36.2 Å². The van der Waals surface area contributed by atoms with Crippen LogP contribution in [0.4, 0.5) is 4.39 Å². The first kappa shape index (κ1) is 19.7. The first-order valence-electron chi connectivity index (χ1n) is 9.42. The summed E-state index contributed by atoms with van der Waals surface area (Å²) in [5.41, 5.74) is 1.54. The molecule has 1 aliphatic rings. The van der Waals surface area contributed by atoms with Gasteiger partial charge in [0, 0.05) is 10.9 Å². The molecule has 0 aliphatic carbocycles. The fraction of sp³-hybridized carbons (Fsp3) is 0.273. The molecule has 0 radical (unpaired) electrons. The third kappa shape index (κ3) is 4.07. The fourth-order valence-corrected chi connectivity index (χ4v) is 4.40. The summed E-state index contributed by atoms with van der Waals surface area (Å²) in [6, 6.07) is 15.7. The Morgan fingerprint density at radius 2 is 1.93 bits per heavy atom. The van der Waals surface area contributed by atoms with Crippen molar-refractivity contribution in [3.8, 4) is 10.6 Å². The number of hydrogen-bond acceptors (Lipinski definition) is 5. The van der Waals surface area contributed by atoms with E-state index in [0.717, 1.165) is 16.1 Å². The first-order valence-corrected chi connectivity index (χ1v) is 10.3. The molecule has 2 N–H and O–H groups in total. The summed E-state index contributed by atoms with van der Waals surface area (Å²) in [6.45, 7) is 1.96. The normalized spacial score (nSPS) is 20.1.